The van der Waals surface area contributed by atoms with Crippen molar-refractivity contribution < 1.29 is 9.59 Å². The number of carbonyl (C=O) groups is 2. The summed E-state index contributed by atoms with van der Waals surface area (Å²) < 4.78 is 0. The summed E-state index contributed by atoms with van der Waals surface area (Å²) in [4.78, 5) is 28.4. The Bertz CT molecular complexity index is 826. The molecule has 0 bridgehead atoms. The second-order valence-electron chi connectivity index (χ2n) is 7.38. The highest BCUT2D eigenvalue weighted by atomic mass is 35.5. The average Bonchev–Trinajstić information content (AvgIpc) is 2.74. The number of carbonyl (C=O) groups excluding carboxylic acids is 2. The van der Waals surface area contributed by atoms with Crippen molar-refractivity contribution in [3.8, 4) is 0 Å². The van der Waals surface area contributed by atoms with Gasteiger partial charge in [0.2, 0.25) is 11.8 Å². The molecule has 0 spiro atoms. The van der Waals surface area contributed by atoms with Crippen molar-refractivity contribution in [3.05, 3.63) is 64.7 Å². The van der Waals surface area contributed by atoms with Crippen LogP contribution < -0.4 is 5.32 Å². The number of benzene rings is 2. The molecule has 0 radical (unpaired) electrons. The van der Waals surface area contributed by atoms with Gasteiger partial charge in [-0.3, -0.25) is 9.59 Å². The van der Waals surface area contributed by atoms with Crippen LogP contribution in [0.15, 0.2) is 53.4 Å². The van der Waals surface area contributed by atoms with Gasteiger partial charge in [-0.1, -0.05) is 48.4 Å². The van der Waals surface area contributed by atoms with E-state index in [0.29, 0.717) is 19.5 Å². The lowest BCUT2D eigenvalue weighted by Crippen LogP contribution is -2.47. The van der Waals surface area contributed by atoms with Crippen molar-refractivity contribution in [2.75, 3.05) is 12.3 Å². The number of thioether (sulfide) groups is 1. The molecule has 6 heteroatoms. The Hall–Kier alpha value is -1.98. The summed E-state index contributed by atoms with van der Waals surface area (Å²) >= 11 is 7.63. The minimum atomic E-state index is -0.506. The van der Waals surface area contributed by atoms with E-state index in [2.05, 4.69) is 11.4 Å². The molecule has 0 aliphatic heterocycles. The number of hydrogen-bond donors (Lipinski definition) is 1. The van der Waals surface area contributed by atoms with Gasteiger partial charge in [-0.15, -0.1) is 11.8 Å². The Balaban J connectivity index is 1.97. The molecule has 0 saturated carbocycles. The zero-order chi connectivity index (χ0) is 21.9. The van der Waals surface area contributed by atoms with Gasteiger partial charge in [-0.05, 0) is 62.3 Å². The van der Waals surface area contributed by atoms with Gasteiger partial charge in [-0.2, -0.15) is 0 Å². The Morgan fingerprint density at radius 2 is 1.90 bits per heavy atom. The monoisotopic (exact) mass is 446 g/mol. The number of hydrogen-bond acceptors (Lipinski definition) is 3. The molecule has 1 atom stereocenters. The molecular formula is C24H31ClN2O2S. The van der Waals surface area contributed by atoms with Crippen LogP contribution in [0.25, 0.3) is 0 Å². The summed E-state index contributed by atoms with van der Waals surface area (Å²) in [5.41, 5.74) is 2.18. The molecule has 30 heavy (non-hydrogen) atoms. The van der Waals surface area contributed by atoms with Gasteiger partial charge in [0.05, 0.1) is 0 Å². The second-order valence-corrected chi connectivity index (χ2v) is 8.99. The Kier molecular flexibility index (Phi) is 10.2. The van der Waals surface area contributed by atoms with E-state index in [1.165, 1.54) is 0 Å². The maximum absolute atomic E-state index is 13.0. The molecule has 0 aromatic heterocycles. The first-order chi connectivity index (χ1) is 14.4. The third-order valence-electron chi connectivity index (χ3n) is 4.77. The first kappa shape index (κ1) is 24.3. The van der Waals surface area contributed by atoms with Gasteiger partial charge in [0.15, 0.2) is 0 Å². The van der Waals surface area contributed by atoms with Gasteiger partial charge in [0.1, 0.15) is 6.04 Å². The summed E-state index contributed by atoms with van der Waals surface area (Å²) in [6.07, 6.45) is 2.03. The van der Waals surface area contributed by atoms with Gasteiger partial charge in [0, 0.05) is 29.4 Å². The summed E-state index contributed by atoms with van der Waals surface area (Å²) in [6, 6.07) is 15.3. The zero-order valence-electron chi connectivity index (χ0n) is 18.0. The lowest BCUT2D eigenvalue weighted by Gasteiger charge is -2.29. The highest BCUT2D eigenvalue weighted by Gasteiger charge is 2.25. The minimum Gasteiger partial charge on any atom is -0.354 e. The van der Waals surface area contributed by atoms with Crippen molar-refractivity contribution in [2.24, 2.45) is 0 Å². The maximum Gasteiger partial charge on any atom is 0.242 e. The summed E-state index contributed by atoms with van der Waals surface area (Å²) in [6.45, 7) is 6.90. The SMILES string of the molecule is CCCNC(=O)[C@@H](C)N(Cc1cccc(C)c1)C(=O)CCCSc1ccc(Cl)cc1. The number of nitrogens with zero attached hydrogens (tertiary/aromatic N) is 1. The molecule has 0 fully saturated rings. The van der Waals surface area contributed by atoms with Crippen LogP contribution in [0.1, 0.15) is 44.2 Å². The molecule has 162 valence electrons. The van der Waals surface area contributed by atoms with Gasteiger partial charge >= 0.3 is 0 Å². The molecule has 0 aliphatic carbocycles. The lowest BCUT2D eigenvalue weighted by atomic mass is 10.1. The largest absolute Gasteiger partial charge is 0.354 e. The fourth-order valence-electron chi connectivity index (χ4n) is 3.07. The Morgan fingerprint density at radius 1 is 1.17 bits per heavy atom. The molecule has 2 aromatic rings. The summed E-state index contributed by atoms with van der Waals surface area (Å²) in [5.74, 6) is 0.739. The molecule has 2 rings (SSSR count). The number of rotatable bonds is 11. The van der Waals surface area contributed by atoms with Gasteiger partial charge in [-0.25, -0.2) is 0 Å². The van der Waals surface area contributed by atoms with Gasteiger partial charge in [0.25, 0.3) is 0 Å². The number of amides is 2. The normalized spacial score (nSPS) is 11.7. The van der Waals surface area contributed by atoms with E-state index in [1.54, 1.807) is 23.6 Å². The van der Waals surface area contributed by atoms with Crippen molar-refractivity contribution in [1.82, 2.24) is 10.2 Å². The fraction of sp³-hybridized carbons (Fsp3) is 0.417. The topological polar surface area (TPSA) is 49.4 Å². The third-order valence-corrected chi connectivity index (χ3v) is 6.12. The van der Waals surface area contributed by atoms with E-state index in [-0.39, 0.29) is 11.8 Å². The maximum atomic E-state index is 13.0. The van der Waals surface area contributed by atoms with Crippen molar-refractivity contribution in [2.45, 2.75) is 57.5 Å². The van der Waals surface area contributed by atoms with Gasteiger partial charge < -0.3 is 10.2 Å². The molecule has 0 unspecified atom stereocenters. The summed E-state index contributed by atoms with van der Waals surface area (Å²) in [7, 11) is 0. The van der Waals surface area contributed by atoms with E-state index in [9.17, 15) is 9.59 Å². The van der Waals surface area contributed by atoms with Crippen molar-refractivity contribution in [1.29, 1.82) is 0 Å². The van der Waals surface area contributed by atoms with Crippen LogP contribution >= 0.6 is 23.4 Å². The fourth-order valence-corrected chi connectivity index (χ4v) is 4.05. The molecule has 2 aromatic carbocycles. The highest BCUT2D eigenvalue weighted by Crippen LogP contribution is 2.22. The quantitative estimate of drug-likeness (QED) is 0.368. The average molecular weight is 447 g/mol. The molecule has 0 heterocycles. The van der Waals surface area contributed by atoms with Crippen molar-refractivity contribution >= 4 is 35.2 Å². The Morgan fingerprint density at radius 3 is 2.57 bits per heavy atom. The minimum absolute atomic E-state index is 0.00682. The van der Waals surface area contributed by atoms with E-state index in [4.69, 9.17) is 11.6 Å². The lowest BCUT2D eigenvalue weighted by molar-refractivity contribution is -0.140. The smallest absolute Gasteiger partial charge is 0.242 e. The zero-order valence-corrected chi connectivity index (χ0v) is 19.6. The number of aryl methyl sites for hydroxylation is 1. The van der Waals surface area contributed by atoms with E-state index in [1.807, 2.05) is 56.3 Å². The molecular weight excluding hydrogens is 416 g/mol. The molecule has 0 saturated heterocycles. The standard InChI is InChI=1S/C24H31ClN2O2S/c1-4-14-26-24(29)19(3)27(17-20-8-5-7-18(2)16-20)23(28)9-6-15-30-22-12-10-21(25)11-13-22/h5,7-8,10-13,16,19H,4,6,9,14-15,17H2,1-3H3,(H,26,29)/t19-/m1/s1. The first-order valence-electron chi connectivity index (χ1n) is 10.4. The van der Waals surface area contributed by atoms with Crippen LogP contribution in [-0.2, 0) is 16.1 Å². The number of halogens is 1. The molecule has 2 amide bonds. The molecule has 0 aliphatic rings. The van der Waals surface area contributed by atoms with E-state index < -0.39 is 6.04 Å². The predicted molar refractivity (Wildman–Crippen MR) is 126 cm³/mol. The van der Waals surface area contributed by atoms with Crippen LogP contribution in [0.5, 0.6) is 0 Å². The van der Waals surface area contributed by atoms with Crippen LogP contribution in [0.3, 0.4) is 0 Å². The second kappa shape index (κ2) is 12.7. The van der Waals surface area contributed by atoms with Crippen LogP contribution in [0, 0.1) is 6.92 Å². The molecule has 1 N–H and O–H groups in total. The Labute approximate surface area is 189 Å². The summed E-state index contributed by atoms with van der Waals surface area (Å²) in [5, 5.41) is 3.63. The van der Waals surface area contributed by atoms with E-state index in [0.717, 1.165) is 39.6 Å². The first-order valence-corrected chi connectivity index (χ1v) is 11.8. The van der Waals surface area contributed by atoms with E-state index >= 15 is 0 Å². The predicted octanol–water partition coefficient (Wildman–Crippen LogP) is 5.46. The highest BCUT2D eigenvalue weighted by molar-refractivity contribution is 7.99. The van der Waals surface area contributed by atoms with Crippen LogP contribution in [0.4, 0.5) is 0 Å². The molecule has 4 nitrogen and oxygen atoms in total. The van der Waals surface area contributed by atoms with Crippen molar-refractivity contribution in [3.63, 3.8) is 0 Å². The van der Waals surface area contributed by atoms with Crippen LogP contribution in [-0.4, -0.2) is 35.1 Å². The van der Waals surface area contributed by atoms with Crippen LogP contribution in [0.2, 0.25) is 5.02 Å². The number of nitrogens with one attached hydrogen (secondary N) is 1. The third kappa shape index (κ3) is 8.04.